The van der Waals surface area contributed by atoms with Crippen LogP contribution in [0.2, 0.25) is 0 Å². The van der Waals surface area contributed by atoms with E-state index < -0.39 is 0 Å². The first-order valence-electron chi connectivity index (χ1n) is 11.2. The summed E-state index contributed by atoms with van der Waals surface area (Å²) in [5.41, 5.74) is 6.87. The van der Waals surface area contributed by atoms with E-state index in [9.17, 15) is 0 Å². The molecule has 1 aliphatic carbocycles. The highest BCUT2D eigenvalue weighted by Crippen LogP contribution is 2.35. The lowest BCUT2D eigenvalue weighted by atomic mass is 9.98. The number of ether oxygens (including phenoxy) is 1. The quantitative estimate of drug-likeness (QED) is 0.794. The van der Waals surface area contributed by atoms with E-state index >= 15 is 0 Å². The highest BCUT2D eigenvalue weighted by molar-refractivity contribution is 5.45. The van der Waals surface area contributed by atoms with Gasteiger partial charge >= 0.3 is 0 Å². The Balaban J connectivity index is 1.41. The minimum Gasteiger partial charge on any atom is -0.496 e. The van der Waals surface area contributed by atoms with Crippen LogP contribution in [0.1, 0.15) is 65.5 Å². The maximum absolute atomic E-state index is 5.77. The average molecular weight is 393 g/mol. The number of hydrogen-bond acceptors (Lipinski definition) is 5. The van der Waals surface area contributed by atoms with E-state index in [1.54, 1.807) is 7.11 Å². The second-order valence-corrected chi connectivity index (χ2v) is 8.96. The highest BCUT2D eigenvalue weighted by atomic mass is 16.5. The van der Waals surface area contributed by atoms with Crippen molar-refractivity contribution in [3.63, 3.8) is 0 Å². The van der Waals surface area contributed by atoms with Gasteiger partial charge < -0.3 is 9.64 Å². The van der Waals surface area contributed by atoms with E-state index in [1.165, 1.54) is 60.1 Å². The van der Waals surface area contributed by atoms with Crippen LogP contribution >= 0.6 is 0 Å². The summed E-state index contributed by atoms with van der Waals surface area (Å²) in [5, 5.41) is 0. The number of rotatable bonds is 4. The summed E-state index contributed by atoms with van der Waals surface area (Å²) in [5.74, 6) is 2.07. The van der Waals surface area contributed by atoms with Crippen LogP contribution in [0, 0.1) is 0 Å². The predicted molar refractivity (Wildman–Crippen MR) is 114 cm³/mol. The van der Waals surface area contributed by atoms with Crippen LogP contribution in [0.4, 0.5) is 0 Å². The smallest absolute Gasteiger partial charge is 0.145 e. The molecule has 3 aliphatic rings. The lowest BCUT2D eigenvalue weighted by molar-refractivity contribution is 0.132. The van der Waals surface area contributed by atoms with Crippen molar-refractivity contribution in [2.24, 2.45) is 0 Å². The van der Waals surface area contributed by atoms with Crippen molar-refractivity contribution in [1.29, 1.82) is 0 Å². The van der Waals surface area contributed by atoms with Gasteiger partial charge in [-0.2, -0.15) is 0 Å². The first-order chi connectivity index (χ1) is 14.2. The summed E-state index contributed by atoms with van der Waals surface area (Å²) in [6, 6.07) is 4.99. The van der Waals surface area contributed by atoms with Gasteiger partial charge in [-0.25, -0.2) is 9.97 Å². The Morgan fingerprint density at radius 3 is 2.76 bits per heavy atom. The molecule has 29 heavy (non-hydrogen) atoms. The van der Waals surface area contributed by atoms with Gasteiger partial charge in [0, 0.05) is 49.1 Å². The van der Waals surface area contributed by atoms with Crippen molar-refractivity contribution in [1.82, 2.24) is 19.8 Å². The molecule has 1 atom stereocenters. The van der Waals surface area contributed by atoms with Gasteiger partial charge in [-0.1, -0.05) is 12.5 Å². The third kappa shape index (κ3) is 3.78. The van der Waals surface area contributed by atoms with Crippen molar-refractivity contribution in [3.05, 3.63) is 52.1 Å². The first-order valence-corrected chi connectivity index (χ1v) is 11.2. The molecular weight excluding hydrogens is 360 g/mol. The largest absolute Gasteiger partial charge is 0.496 e. The van der Waals surface area contributed by atoms with E-state index in [-0.39, 0.29) is 0 Å². The van der Waals surface area contributed by atoms with Crippen molar-refractivity contribution in [3.8, 4) is 5.75 Å². The lowest BCUT2D eigenvalue weighted by Gasteiger charge is -2.35. The van der Waals surface area contributed by atoms with E-state index in [4.69, 9.17) is 14.7 Å². The third-order valence-electron chi connectivity index (χ3n) is 6.92. The second-order valence-electron chi connectivity index (χ2n) is 8.96. The normalized spacial score (nSPS) is 22.3. The minimum absolute atomic E-state index is 0.312. The van der Waals surface area contributed by atoms with Crippen LogP contribution in [0.15, 0.2) is 18.3 Å². The molecule has 2 aromatic rings. The zero-order valence-electron chi connectivity index (χ0n) is 17.8. The Kier molecular flexibility index (Phi) is 5.27. The van der Waals surface area contributed by atoms with Crippen molar-refractivity contribution in [2.45, 2.75) is 64.1 Å². The van der Waals surface area contributed by atoms with E-state index in [2.05, 4.69) is 35.2 Å². The first kappa shape index (κ1) is 19.0. The fourth-order valence-corrected chi connectivity index (χ4v) is 5.29. The molecule has 1 saturated heterocycles. The average Bonchev–Trinajstić information content (AvgIpc) is 3.20. The summed E-state index contributed by atoms with van der Waals surface area (Å²) in [7, 11) is 3.97. The van der Waals surface area contributed by atoms with E-state index in [0.717, 1.165) is 50.6 Å². The molecule has 2 aliphatic heterocycles. The Bertz CT molecular complexity index is 897. The number of fused-ring (bicyclic) bond motifs is 2. The minimum atomic E-state index is 0.312. The van der Waals surface area contributed by atoms with Crippen molar-refractivity contribution < 1.29 is 4.74 Å². The van der Waals surface area contributed by atoms with Crippen LogP contribution in [0.3, 0.4) is 0 Å². The molecule has 0 N–H and O–H groups in total. The molecule has 5 heteroatoms. The molecule has 0 spiro atoms. The highest BCUT2D eigenvalue weighted by Gasteiger charge is 2.29. The molecule has 5 nitrogen and oxygen atoms in total. The standard InChI is InChI=1S/C24H32N4O/c1-27-11-9-21-20(15-27)14-25-24(26-21)22-8-3-4-10-28(22)16-19-12-17-6-5-7-18(17)13-23(19)29-2/h12-14,22H,3-11,15-16H2,1-2H3/t22-/m1/s1. The Morgan fingerprint density at radius 1 is 1.03 bits per heavy atom. The number of nitrogens with zero attached hydrogens (tertiary/aromatic N) is 4. The molecular formula is C24H32N4O. The Labute approximate surface area is 174 Å². The SMILES string of the molecule is COc1cc2c(cc1CN1CCCC[C@@H]1c1ncc3c(n1)CCN(C)C3)CCC2. The van der Waals surface area contributed by atoms with E-state index in [0.29, 0.717) is 6.04 Å². The molecule has 0 bridgehead atoms. The fourth-order valence-electron chi connectivity index (χ4n) is 5.29. The predicted octanol–water partition coefficient (Wildman–Crippen LogP) is 3.69. The monoisotopic (exact) mass is 392 g/mol. The molecule has 1 aromatic carbocycles. The topological polar surface area (TPSA) is 41.5 Å². The molecule has 0 unspecified atom stereocenters. The fraction of sp³-hybridized carbons (Fsp3) is 0.583. The van der Waals surface area contributed by atoms with Gasteiger partial charge in [0.25, 0.3) is 0 Å². The molecule has 0 saturated carbocycles. The summed E-state index contributed by atoms with van der Waals surface area (Å²) >= 11 is 0. The van der Waals surface area contributed by atoms with Gasteiger partial charge in [-0.15, -0.1) is 0 Å². The van der Waals surface area contributed by atoms with Crippen molar-refractivity contribution in [2.75, 3.05) is 27.2 Å². The Hall–Kier alpha value is -1.98. The maximum Gasteiger partial charge on any atom is 0.145 e. The zero-order valence-corrected chi connectivity index (χ0v) is 17.8. The van der Waals surface area contributed by atoms with Gasteiger partial charge in [0.1, 0.15) is 11.6 Å². The molecule has 154 valence electrons. The molecule has 1 fully saturated rings. The van der Waals surface area contributed by atoms with Crippen molar-refractivity contribution >= 4 is 0 Å². The number of methoxy groups -OCH3 is 1. The summed E-state index contributed by atoms with van der Waals surface area (Å²) < 4.78 is 5.77. The van der Waals surface area contributed by atoms with Gasteiger partial charge in [-0.05, 0) is 62.9 Å². The molecule has 3 heterocycles. The number of likely N-dealkylation sites (tertiary alicyclic amines) is 1. The van der Waals surface area contributed by atoms with Gasteiger partial charge in [0.15, 0.2) is 0 Å². The van der Waals surface area contributed by atoms with Crippen LogP contribution < -0.4 is 4.74 Å². The van der Waals surface area contributed by atoms with Crippen LogP contribution in [-0.2, 0) is 32.4 Å². The molecule has 5 rings (SSSR count). The number of aromatic nitrogens is 2. The van der Waals surface area contributed by atoms with Crippen LogP contribution in [0.25, 0.3) is 0 Å². The molecule has 1 aromatic heterocycles. The maximum atomic E-state index is 5.77. The number of benzene rings is 1. The number of aryl methyl sites for hydroxylation is 2. The number of hydrogen-bond donors (Lipinski definition) is 0. The van der Waals surface area contributed by atoms with Crippen LogP contribution in [0.5, 0.6) is 5.75 Å². The van der Waals surface area contributed by atoms with E-state index in [1.807, 2.05) is 0 Å². The van der Waals surface area contributed by atoms with Crippen LogP contribution in [-0.4, -0.2) is 47.0 Å². The summed E-state index contributed by atoms with van der Waals surface area (Å²) in [4.78, 5) is 14.8. The van der Waals surface area contributed by atoms with Gasteiger partial charge in [0.05, 0.1) is 13.2 Å². The lowest BCUT2D eigenvalue weighted by Crippen LogP contribution is -2.35. The number of piperidine rings is 1. The summed E-state index contributed by atoms with van der Waals surface area (Å²) in [6.45, 7) is 4.08. The second kappa shape index (κ2) is 8.04. The van der Waals surface area contributed by atoms with Gasteiger partial charge in [0.2, 0.25) is 0 Å². The summed E-state index contributed by atoms with van der Waals surface area (Å²) in [6.07, 6.45) is 10.4. The number of likely N-dealkylation sites (N-methyl/N-ethyl adjacent to an activating group) is 1. The zero-order chi connectivity index (χ0) is 19.8. The Morgan fingerprint density at radius 2 is 1.90 bits per heavy atom. The third-order valence-corrected chi connectivity index (χ3v) is 6.92. The molecule has 0 amide bonds. The molecule has 0 radical (unpaired) electrons. The van der Waals surface area contributed by atoms with Gasteiger partial charge in [-0.3, -0.25) is 4.90 Å².